The van der Waals surface area contributed by atoms with Crippen LogP contribution in [0.1, 0.15) is 54.9 Å². The minimum Gasteiger partial charge on any atom is -0.507 e. The molecule has 13 heteroatoms. The van der Waals surface area contributed by atoms with Crippen molar-refractivity contribution in [3.8, 4) is 5.75 Å². The monoisotopic (exact) mass is 734 g/mol. The first-order valence-electron chi connectivity index (χ1n) is 19.1. The Balaban J connectivity index is 0.000000216. The normalized spacial score (nSPS) is 19.6. The SMILES string of the molecule is COC(=O)CN1CCN(C2CCN(C(=O)[C@H](C)Cc3cc(C)c(O)c(C)c3)CC2)CC1.COC(=O)N1CCC(N2CCc3ccccc3NC2=O)CC1. The molecule has 0 aromatic heterocycles. The fourth-order valence-electron chi connectivity index (χ4n) is 8.13. The van der Waals surface area contributed by atoms with Gasteiger partial charge in [-0.05, 0) is 80.7 Å². The Hall–Kier alpha value is -4.36. The van der Waals surface area contributed by atoms with Crippen molar-refractivity contribution in [1.29, 1.82) is 0 Å². The molecule has 2 aromatic rings. The van der Waals surface area contributed by atoms with E-state index in [2.05, 4.69) is 21.2 Å². The van der Waals surface area contributed by atoms with Crippen LogP contribution in [0, 0.1) is 19.8 Å². The van der Waals surface area contributed by atoms with E-state index in [0.717, 1.165) is 93.8 Å². The Bertz CT molecular complexity index is 1560. The van der Waals surface area contributed by atoms with E-state index >= 15 is 0 Å². The maximum atomic E-state index is 13.0. The molecule has 0 aliphatic carbocycles. The first-order valence-corrected chi connectivity index (χ1v) is 19.1. The number of nitrogens with zero attached hydrogens (tertiary/aromatic N) is 5. The van der Waals surface area contributed by atoms with Crippen LogP contribution in [0.5, 0.6) is 5.75 Å². The van der Waals surface area contributed by atoms with Gasteiger partial charge in [-0.2, -0.15) is 0 Å². The lowest BCUT2D eigenvalue weighted by Crippen LogP contribution is -2.54. The molecule has 2 aromatic carbocycles. The fourth-order valence-corrected chi connectivity index (χ4v) is 8.13. The minimum absolute atomic E-state index is 0.0403. The zero-order chi connectivity index (χ0) is 38.1. The maximum Gasteiger partial charge on any atom is 0.409 e. The lowest BCUT2D eigenvalue weighted by atomic mass is 9.95. The van der Waals surface area contributed by atoms with E-state index in [-0.39, 0.29) is 36.0 Å². The van der Waals surface area contributed by atoms with Crippen molar-refractivity contribution in [2.24, 2.45) is 5.92 Å². The summed E-state index contributed by atoms with van der Waals surface area (Å²) >= 11 is 0. The zero-order valence-corrected chi connectivity index (χ0v) is 32.1. The second-order valence-electron chi connectivity index (χ2n) is 14.8. The molecule has 0 spiro atoms. The van der Waals surface area contributed by atoms with E-state index < -0.39 is 0 Å². The summed E-state index contributed by atoms with van der Waals surface area (Å²) in [6.07, 6.45) is 4.86. The number of aromatic hydroxyl groups is 1. The van der Waals surface area contributed by atoms with Crippen LogP contribution in [0.4, 0.5) is 15.3 Å². The largest absolute Gasteiger partial charge is 0.507 e. The standard InChI is InChI=1S/C24H37N3O4.C16H21N3O3/c1-17-13-20(14-18(2)23(17)29)15-19(3)24(30)27-7-5-21(6-8-27)26-11-9-25(10-12-26)16-22(28)31-4;1-22-16(21)18-9-7-13(8-10-18)19-11-6-12-4-2-3-5-14(12)17-15(19)20/h13-14,19,21,29H,5-12,15-16H2,1-4H3;2-5,13H,6-11H2,1H3,(H,17,20)/t19-;/m1./s1. The third kappa shape index (κ3) is 10.4. The van der Waals surface area contributed by atoms with Crippen molar-refractivity contribution in [3.05, 3.63) is 58.7 Å². The van der Waals surface area contributed by atoms with Gasteiger partial charge in [-0.15, -0.1) is 0 Å². The van der Waals surface area contributed by atoms with Crippen LogP contribution in [0.2, 0.25) is 0 Å². The molecule has 0 unspecified atom stereocenters. The van der Waals surface area contributed by atoms with E-state index in [9.17, 15) is 24.3 Å². The Kier molecular flexibility index (Phi) is 14.0. The molecule has 4 amide bonds. The molecule has 0 radical (unpaired) electrons. The van der Waals surface area contributed by atoms with Crippen molar-refractivity contribution in [2.75, 3.05) is 85.0 Å². The van der Waals surface area contributed by atoms with E-state index in [1.54, 1.807) is 4.90 Å². The number of urea groups is 1. The number of methoxy groups -OCH3 is 2. The number of carbonyl (C=O) groups is 4. The Morgan fingerprint density at radius 3 is 2.06 bits per heavy atom. The summed E-state index contributed by atoms with van der Waals surface area (Å²) in [7, 11) is 2.83. The van der Waals surface area contributed by atoms with Crippen molar-refractivity contribution in [3.63, 3.8) is 0 Å². The number of carbonyl (C=O) groups excluding carboxylic acids is 4. The van der Waals surface area contributed by atoms with Gasteiger partial charge >= 0.3 is 18.1 Å². The molecule has 6 rings (SSSR count). The van der Waals surface area contributed by atoms with Crippen molar-refractivity contribution in [2.45, 2.75) is 71.4 Å². The summed E-state index contributed by atoms with van der Waals surface area (Å²) in [4.78, 5) is 58.7. The number of hydrogen-bond donors (Lipinski definition) is 2. The number of piperazine rings is 1. The quantitative estimate of drug-likeness (QED) is 0.400. The first kappa shape index (κ1) is 39.8. The molecule has 13 nitrogen and oxygen atoms in total. The third-order valence-electron chi connectivity index (χ3n) is 11.3. The molecule has 3 saturated heterocycles. The molecular formula is C40H58N6O7. The highest BCUT2D eigenvalue weighted by Gasteiger charge is 2.33. The van der Waals surface area contributed by atoms with Gasteiger partial charge in [0.05, 0.1) is 20.8 Å². The molecule has 0 saturated carbocycles. The predicted octanol–water partition coefficient (Wildman–Crippen LogP) is 4.28. The highest BCUT2D eigenvalue weighted by Crippen LogP contribution is 2.27. The first-order chi connectivity index (χ1) is 25.5. The lowest BCUT2D eigenvalue weighted by Gasteiger charge is -2.43. The molecule has 2 N–H and O–H groups in total. The number of hydrogen-bond acceptors (Lipinski definition) is 9. The summed E-state index contributed by atoms with van der Waals surface area (Å²) in [5, 5.41) is 13.0. The van der Waals surface area contributed by atoms with Crippen molar-refractivity contribution in [1.82, 2.24) is 24.5 Å². The van der Waals surface area contributed by atoms with Gasteiger partial charge in [-0.1, -0.05) is 37.3 Å². The van der Waals surface area contributed by atoms with Gasteiger partial charge in [0.2, 0.25) is 5.91 Å². The van der Waals surface area contributed by atoms with Gasteiger partial charge in [0.15, 0.2) is 0 Å². The number of likely N-dealkylation sites (tertiary alicyclic amines) is 2. The highest BCUT2D eigenvalue weighted by atomic mass is 16.5. The van der Waals surface area contributed by atoms with Gasteiger partial charge in [-0.25, -0.2) is 9.59 Å². The van der Waals surface area contributed by atoms with E-state index in [0.29, 0.717) is 44.4 Å². The molecule has 4 aliphatic heterocycles. The van der Waals surface area contributed by atoms with Crippen molar-refractivity contribution >= 4 is 29.7 Å². The van der Waals surface area contributed by atoms with Gasteiger partial charge in [0.1, 0.15) is 5.75 Å². The lowest BCUT2D eigenvalue weighted by molar-refractivity contribution is -0.142. The smallest absolute Gasteiger partial charge is 0.409 e. The number of rotatable bonds is 7. The summed E-state index contributed by atoms with van der Waals surface area (Å²) in [6, 6.07) is 12.5. The summed E-state index contributed by atoms with van der Waals surface area (Å²) in [5.74, 6) is 0.328. The van der Waals surface area contributed by atoms with Gasteiger partial charge in [0.25, 0.3) is 0 Å². The number of ether oxygens (including phenoxy) is 2. The number of para-hydroxylation sites is 1. The molecule has 4 aliphatic rings. The second-order valence-corrected chi connectivity index (χ2v) is 14.8. The van der Waals surface area contributed by atoms with Crippen molar-refractivity contribution < 1.29 is 33.8 Å². The molecule has 4 heterocycles. The number of esters is 1. The Morgan fingerprint density at radius 2 is 1.43 bits per heavy atom. The van der Waals surface area contributed by atoms with Crippen LogP contribution in [-0.4, -0.2) is 145 Å². The number of fused-ring (bicyclic) bond motifs is 1. The van der Waals surface area contributed by atoms with E-state index in [1.165, 1.54) is 19.8 Å². The highest BCUT2D eigenvalue weighted by molar-refractivity contribution is 5.91. The fraction of sp³-hybridized carbons (Fsp3) is 0.600. The van der Waals surface area contributed by atoms with Gasteiger partial charge in [0, 0.05) is 82.6 Å². The van der Waals surface area contributed by atoms with E-state index in [1.807, 2.05) is 60.9 Å². The molecular weight excluding hydrogens is 676 g/mol. The van der Waals surface area contributed by atoms with Crippen LogP contribution in [0.15, 0.2) is 36.4 Å². The minimum atomic E-state index is -0.286. The number of phenols is 1. The summed E-state index contributed by atoms with van der Waals surface area (Å²) < 4.78 is 9.51. The maximum absolute atomic E-state index is 13.0. The van der Waals surface area contributed by atoms with E-state index in [4.69, 9.17) is 9.47 Å². The molecule has 53 heavy (non-hydrogen) atoms. The number of amides is 4. The van der Waals surface area contributed by atoms with Crippen LogP contribution in [0.3, 0.4) is 0 Å². The predicted molar refractivity (Wildman–Crippen MR) is 203 cm³/mol. The molecule has 1 atom stereocenters. The van der Waals surface area contributed by atoms with Gasteiger partial charge < -0.3 is 34.6 Å². The number of anilines is 1. The summed E-state index contributed by atoms with van der Waals surface area (Å²) in [6.45, 7) is 13.5. The third-order valence-corrected chi connectivity index (χ3v) is 11.3. The van der Waals surface area contributed by atoms with Crippen LogP contribution in [-0.2, 0) is 31.9 Å². The van der Waals surface area contributed by atoms with Crippen LogP contribution in [0.25, 0.3) is 0 Å². The number of piperidine rings is 2. The average Bonchev–Trinajstić information content (AvgIpc) is 3.34. The molecule has 3 fully saturated rings. The number of aryl methyl sites for hydroxylation is 2. The van der Waals surface area contributed by atoms with Crippen LogP contribution < -0.4 is 5.32 Å². The topological polar surface area (TPSA) is 135 Å². The number of benzene rings is 2. The Labute approximate surface area is 314 Å². The summed E-state index contributed by atoms with van der Waals surface area (Å²) in [5.41, 5.74) is 4.91. The van der Waals surface area contributed by atoms with Crippen LogP contribution >= 0.6 is 0 Å². The Morgan fingerprint density at radius 1 is 0.830 bits per heavy atom. The molecule has 290 valence electrons. The number of nitrogens with one attached hydrogen (secondary N) is 1. The zero-order valence-electron chi connectivity index (χ0n) is 32.1. The van der Waals surface area contributed by atoms with Gasteiger partial charge in [-0.3, -0.25) is 19.4 Å². The second kappa shape index (κ2) is 18.6. The average molecular weight is 735 g/mol. The molecule has 0 bridgehead atoms. The number of phenolic OH excluding ortho intramolecular Hbond substituents is 1.